The van der Waals surface area contributed by atoms with E-state index in [1.165, 1.54) is 70.6 Å². The van der Waals surface area contributed by atoms with E-state index in [0.717, 1.165) is 12.3 Å². The van der Waals surface area contributed by atoms with Gasteiger partial charge in [0, 0.05) is 0 Å². The maximum atomic E-state index is 3.93. The predicted molar refractivity (Wildman–Crippen MR) is 75.6 cm³/mol. The molecule has 0 aliphatic carbocycles. The van der Waals surface area contributed by atoms with E-state index >= 15 is 0 Å². The van der Waals surface area contributed by atoms with E-state index in [1.807, 2.05) is 0 Å². The van der Waals surface area contributed by atoms with Crippen molar-refractivity contribution >= 4 is 0 Å². The lowest BCUT2D eigenvalue weighted by molar-refractivity contribution is 0.402. The van der Waals surface area contributed by atoms with E-state index < -0.39 is 0 Å². The Bertz CT molecular complexity index is 117. The summed E-state index contributed by atoms with van der Waals surface area (Å²) in [7, 11) is 0. The van der Waals surface area contributed by atoms with Gasteiger partial charge in [-0.1, -0.05) is 97.8 Å². The second kappa shape index (κ2) is 13.1. The van der Waals surface area contributed by atoms with Crippen LogP contribution in [0.25, 0.3) is 0 Å². The predicted octanol–water partition coefficient (Wildman–Crippen LogP) is 6.16. The Kier molecular flexibility index (Phi) is 13.1. The molecule has 0 aromatic carbocycles. The van der Waals surface area contributed by atoms with Crippen LogP contribution in [0, 0.1) is 12.8 Å². The summed E-state index contributed by atoms with van der Waals surface area (Å²) in [5, 5.41) is 0. The quantitative estimate of drug-likeness (QED) is 0.349. The van der Waals surface area contributed by atoms with Gasteiger partial charge in [-0.3, -0.25) is 0 Å². The van der Waals surface area contributed by atoms with Gasteiger partial charge in [-0.15, -0.1) is 0 Å². The minimum absolute atomic E-state index is 0.984. The van der Waals surface area contributed by atoms with Gasteiger partial charge in [0.1, 0.15) is 0 Å². The van der Waals surface area contributed by atoms with Crippen LogP contribution in [0.1, 0.15) is 90.9 Å². The number of rotatable bonds is 12. The standard InChI is InChI=1S/C16H33/c1-4-7-9-10-11-12-13-15-16(6-3)14-8-5-2/h16H,2,4-15H2,1,3H3. The highest BCUT2D eigenvalue weighted by Crippen LogP contribution is 2.20. The van der Waals surface area contributed by atoms with Gasteiger partial charge in [0.15, 0.2) is 0 Å². The summed E-state index contributed by atoms with van der Waals surface area (Å²) in [6.45, 7) is 8.56. The molecule has 0 saturated carbocycles. The molecule has 0 aromatic rings. The molecule has 1 radical (unpaired) electrons. The molecular formula is C16H33. The molecule has 0 aliphatic rings. The van der Waals surface area contributed by atoms with Gasteiger partial charge in [0.2, 0.25) is 0 Å². The largest absolute Gasteiger partial charge is 0.0654 e. The number of unbranched alkanes of at least 4 members (excludes halogenated alkanes) is 7. The van der Waals surface area contributed by atoms with Gasteiger partial charge in [0.05, 0.1) is 0 Å². The summed E-state index contributed by atoms with van der Waals surface area (Å²) < 4.78 is 0. The SMILES string of the molecule is [CH2]CCCC(CC)CCCCCCCCC. The van der Waals surface area contributed by atoms with E-state index in [0.29, 0.717) is 0 Å². The second-order valence-corrected chi connectivity index (χ2v) is 5.18. The summed E-state index contributed by atoms with van der Waals surface area (Å²) >= 11 is 0. The van der Waals surface area contributed by atoms with Crippen molar-refractivity contribution in [2.45, 2.75) is 90.9 Å². The topological polar surface area (TPSA) is 0 Å². The van der Waals surface area contributed by atoms with Crippen molar-refractivity contribution in [3.05, 3.63) is 6.92 Å². The molecule has 0 rings (SSSR count). The summed E-state index contributed by atoms with van der Waals surface area (Å²) in [4.78, 5) is 0. The molecule has 0 fully saturated rings. The highest BCUT2D eigenvalue weighted by molar-refractivity contribution is 4.59. The summed E-state index contributed by atoms with van der Waals surface area (Å²) in [5.41, 5.74) is 0. The molecule has 0 nitrogen and oxygen atoms in total. The van der Waals surface area contributed by atoms with Crippen molar-refractivity contribution in [3.63, 3.8) is 0 Å². The average Bonchev–Trinajstić information content (AvgIpc) is 2.32. The molecule has 0 aromatic heterocycles. The first-order valence-corrected chi connectivity index (χ1v) is 7.64. The van der Waals surface area contributed by atoms with E-state index in [2.05, 4.69) is 20.8 Å². The zero-order chi connectivity index (χ0) is 12.1. The van der Waals surface area contributed by atoms with Crippen molar-refractivity contribution in [1.82, 2.24) is 0 Å². The van der Waals surface area contributed by atoms with Crippen LogP contribution in [0.2, 0.25) is 0 Å². The van der Waals surface area contributed by atoms with Crippen LogP contribution in [0.15, 0.2) is 0 Å². The molecule has 0 heterocycles. The Labute approximate surface area is 104 Å². The third kappa shape index (κ3) is 10.5. The van der Waals surface area contributed by atoms with Crippen molar-refractivity contribution in [1.29, 1.82) is 0 Å². The molecule has 0 bridgehead atoms. The van der Waals surface area contributed by atoms with Gasteiger partial charge in [-0.2, -0.15) is 0 Å². The van der Waals surface area contributed by atoms with E-state index in [1.54, 1.807) is 0 Å². The van der Waals surface area contributed by atoms with Crippen LogP contribution >= 0.6 is 0 Å². The Morgan fingerprint density at radius 1 is 0.750 bits per heavy atom. The Morgan fingerprint density at radius 3 is 1.88 bits per heavy atom. The highest BCUT2D eigenvalue weighted by Gasteiger charge is 2.04. The lowest BCUT2D eigenvalue weighted by atomic mass is 9.93. The second-order valence-electron chi connectivity index (χ2n) is 5.18. The van der Waals surface area contributed by atoms with Gasteiger partial charge < -0.3 is 0 Å². The normalized spacial score (nSPS) is 12.9. The first-order valence-electron chi connectivity index (χ1n) is 7.64. The summed E-state index contributed by atoms with van der Waals surface area (Å²) in [6.07, 6.45) is 16.8. The maximum Gasteiger partial charge on any atom is -0.0417 e. The minimum atomic E-state index is 0.984. The van der Waals surface area contributed by atoms with Crippen molar-refractivity contribution < 1.29 is 0 Å². The van der Waals surface area contributed by atoms with Crippen molar-refractivity contribution in [2.75, 3.05) is 0 Å². The molecule has 1 atom stereocenters. The molecule has 0 saturated heterocycles. The van der Waals surface area contributed by atoms with Crippen molar-refractivity contribution in [2.24, 2.45) is 5.92 Å². The third-order valence-electron chi connectivity index (χ3n) is 3.66. The molecule has 0 heteroatoms. The maximum absolute atomic E-state index is 3.93. The van der Waals surface area contributed by atoms with Crippen molar-refractivity contribution in [3.8, 4) is 0 Å². The minimum Gasteiger partial charge on any atom is -0.0654 e. The molecule has 16 heavy (non-hydrogen) atoms. The van der Waals surface area contributed by atoms with Crippen LogP contribution < -0.4 is 0 Å². The van der Waals surface area contributed by atoms with Crippen LogP contribution in [-0.2, 0) is 0 Å². The highest BCUT2D eigenvalue weighted by atomic mass is 14.1. The van der Waals surface area contributed by atoms with Gasteiger partial charge in [0.25, 0.3) is 0 Å². The third-order valence-corrected chi connectivity index (χ3v) is 3.66. The smallest absolute Gasteiger partial charge is 0.0417 e. The lowest BCUT2D eigenvalue weighted by Gasteiger charge is -2.13. The molecule has 97 valence electrons. The molecular weight excluding hydrogens is 192 g/mol. The van der Waals surface area contributed by atoms with Gasteiger partial charge >= 0.3 is 0 Å². The summed E-state index contributed by atoms with van der Waals surface area (Å²) in [6, 6.07) is 0. The fourth-order valence-corrected chi connectivity index (χ4v) is 2.38. The first kappa shape index (κ1) is 16.0. The van der Waals surface area contributed by atoms with Crippen LogP contribution in [0.4, 0.5) is 0 Å². The molecule has 0 aliphatic heterocycles. The number of hydrogen-bond acceptors (Lipinski definition) is 0. The molecule has 0 N–H and O–H groups in total. The molecule has 1 unspecified atom stereocenters. The summed E-state index contributed by atoms with van der Waals surface area (Å²) in [5.74, 6) is 0.984. The fourth-order valence-electron chi connectivity index (χ4n) is 2.38. The van der Waals surface area contributed by atoms with E-state index in [-0.39, 0.29) is 0 Å². The van der Waals surface area contributed by atoms with Crippen LogP contribution in [0.5, 0.6) is 0 Å². The van der Waals surface area contributed by atoms with Crippen LogP contribution in [0.3, 0.4) is 0 Å². The van der Waals surface area contributed by atoms with Gasteiger partial charge in [-0.25, -0.2) is 0 Å². The lowest BCUT2D eigenvalue weighted by Crippen LogP contribution is -1.98. The Balaban J connectivity index is 3.20. The Hall–Kier alpha value is 0. The zero-order valence-corrected chi connectivity index (χ0v) is 11.8. The van der Waals surface area contributed by atoms with E-state index in [9.17, 15) is 0 Å². The van der Waals surface area contributed by atoms with Crippen LogP contribution in [-0.4, -0.2) is 0 Å². The monoisotopic (exact) mass is 225 g/mol. The Morgan fingerprint density at radius 2 is 1.31 bits per heavy atom. The zero-order valence-electron chi connectivity index (χ0n) is 11.8. The molecule has 0 amide bonds. The molecule has 0 spiro atoms. The number of hydrogen-bond donors (Lipinski definition) is 0. The fraction of sp³-hybridized carbons (Fsp3) is 0.938. The average molecular weight is 225 g/mol. The first-order chi connectivity index (χ1) is 7.85. The van der Waals surface area contributed by atoms with E-state index in [4.69, 9.17) is 0 Å². The van der Waals surface area contributed by atoms with Gasteiger partial charge in [-0.05, 0) is 5.92 Å².